The molecule has 0 nitrogen and oxygen atoms in total. The summed E-state index contributed by atoms with van der Waals surface area (Å²) < 4.78 is 0. The van der Waals surface area contributed by atoms with E-state index in [4.69, 9.17) is 0 Å². The summed E-state index contributed by atoms with van der Waals surface area (Å²) in [6.07, 6.45) is 5.52. The zero-order chi connectivity index (χ0) is 6.81. The van der Waals surface area contributed by atoms with Crippen molar-refractivity contribution in [2.75, 3.05) is 0 Å². The molecule has 53 valence electrons. The van der Waals surface area contributed by atoms with Gasteiger partial charge in [-0.25, -0.2) is 0 Å². The molecule has 0 saturated heterocycles. The fourth-order valence-electron chi connectivity index (χ4n) is 1.53. The first-order valence-electron chi connectivity index (χ1n) is 3.85. The predicted molar refractivity (Wildman–Crippen MR) is 45.1 cm³/mol. The van der Waals surface area contributed by atoms with E-state index in [0.29, 0.717) is 0 Å². The Kier molecular flexibility index (Phi) is 1.76. The number of hydrogen-bond donors (Lipinski definition) is 0. The van der Waals surface area contributed by atoms with Gasteiger partial charge in [-0.3, -0.25) is 0 Å². The third-order valence-electron chi connectivity index (χ3n) is 2.08. The summed E-state index contributed by atoms with van der Waals surface area (Å²) in [6.45, 7) is 0. The second-order valence-corrected chi connectivity index (χ2v) is 3.74. The highest BCUT2D eigenvalue weighted by atomic mass is 32.1. The predicted octanol–water partition coefficient (Wildman–Crippen LogP) is 3.24. The van der Waals surface area contributed by atoms with Crippen molar-refractivity contribution in [1.29, 1.82) is 0 Å². The van der Waals surface area contributed by atoms with Crippen LogP contribution in [0.15, 0.2) is 17.5 Å². The van der Waals surface area contributed by atoms with E-state index in [2.05, 4.69) is 17.5 Å². The highest BCUT2D eigenvalue weighted by molar-refractivity contribution is 7.10. The van der Waals surface area contributed by atoms with E-state index in [9.17, 15) is 0 Å². The van der Waals surface area contributed by atoms with Crippen molar-refractivity contribution >= 4 is 11.3 Å². The minimum atomic E-state index is 1.35. The van der Waals surface area contributed by atoms with Gasteiger partial charge in [0.2, 0.25) is 0 Å². The Morgan fingerprint density at radius 1 is 1.20 bits per heavy atom. The third kappa shape index (κ3) is 1.10. The van der Waals surface area contributed by atoms with Crippen LogP contribution in [0.4, 0.5) is 0 Å². The molecule has 1 heteroatoms. The van der Waals surface area contributed by atoms with Gasteiger partial charge < -0.3 is 0 Å². The van der Waals surface area contributed by atoms with Gasteiger partial charge >= 0.3 is 0 Å². The molecule has 0 spiro atoms. The zero-order valence-electron chi connectivity index (χ0n) is 5.97. The highest BCUT2D eigenvalue weighted by Crippen LogP contribution is 2.35. The smallest absolute Gasteiger partial charge is 0.0152 e. The van der Waals surface area contributed by atoms with E-state index in [0.717, 1.165) is 0 Å². The molecule has 1 aromatic rings. The Labute approximate surface area is 65.9 Å². The third-order valence-corrected chi connectivity index (χ3v) is 3.05. The number of thiophene rings is 1. The molecule has 1 radical (unpaired) electrons. The van der Waals surface area contributed by atoms with Crippen LogP contribution in [-0.2, 0) is 0 Å². The molecule has 1 heterocycles. The van der Waals surface area contributed by atoms with Crippen LogP contribution >= 0.6 is 11.3 Å². The van der Waals surface area contributed by atoms with Gasteiger partial charge in [0.25, 0.3) is 0 Å². The maximum atomic E-state index is 2.24. The lowest BCUT2D eigenvalue weighted by molar-refractivity contribution is 0.886. The van der Waals surface area contributed by atoms with Crippen molar-refractivity contribution < 1.29 is 0 Å². The van der Waals surface area contributed by atoms with E-state index >= 15 is 0 Å². The molecule has 0 atom stereocenters. The van der Waals surface area contributed by atoms with Gasteiger partial charge in [0, 0.05) is 10.8 Å². The van der Waals surface area contributed by atoms with Crippen molar-refractivity contribution in [3.8, 4) is 0 Å². The minimum absolute atomic E-state index is 1.35. The maximum Gasteiger partial charge on any atom is 0.0152 e. The summed E-state index contributed by atoms with van der Waals surface area (Å²) in [5.41, 5.74) is 0. The Morgan fingerprint density at radius 3 is 2.60 bits per heavy atom. The quantitative estimate of drug-likeness (QED) is 0.578. The first-order valence-corrected chi connectivity index (χ1v) is 4.73. The average molecular weight is 151 g/mol. The molecule has 2 rings (SSSR count). The monoisotopic (exact) mass is 151 g/mol. The molecule has 0 N–H and O–H groups in total. The molecule has 0 unspecified atom stereocenters. The lowest BCUT2D eigenvalue weighted by atomic mass is 10.1. The van der Waals surface area contributed by atoms with Gasteiger partial charge in [0.1, 0.15) is 0 Å². The van der Waals surface area contributed by atoms with Gasteiger partial charge in [-0.05, 0) is 24.3 Å². The van der Waals surface area contributed by atoms with Crippen molar-refractivity contribution in [2.24, 2.45) is 0 Å². The second-order valence-electron chi connectivity index (χ2n) is 2.79. The SMILES string of the molecule is c1csc([C]2CCCC2)c1. The zero-order valence-corrected chi connectivity index (χ0v) is 6.79. The van der Waals surface area contributed by atoms with Crippen LogP contribution in [0.5, 0.6) is 0 Å². The summed E-state index contributed by atoms with van der Waals surface area (Å²) in [6, 6.07) is 4.39. The first-order chi connectivity index (χ1) is 4.97. The van der Waals surface area contributed by atoms with Gasteiger partial charge in [0.05, 0.1) is 0 Å². The van der Waals surface area contributed by atoms with E-state index in [1.165, 1.54) is 30.6 Å². The first kappa shape index (κ1) is 6.41. The van der Waals surface area contributed by atoms with E-state index in [1.54, 1.807) is 5.92 Å². The van der Waals surface area contributed by atoms with Crippen LogP contribution in [0.1, 0.15) is 30.6 Å². The van der Waals surface area contributed by atoms with Crippen LogP contribution in [-0.4, -0.2) is 0 Å². The van der Waals surface area contributed by atoms with Crippen molar-refractivity contribution in [3.63, 3.8) is 0 Å². The average Bonchev–Trinajstić information content (AvgIpc) is 2.59. The minimum Gasteiger partial charge on any atom is -0.148 e. The normalized spacial score (nSPS) is 20.0. The topological polar surface area (TPSA) is 0 Å². The molecule has 0 aromatic carbocycles. The molecular weight excluding hydrogens is 140 g/mol. The second kappa shape index (κ2) is 2.75. The maximum absolute atomic E-state index is 2.24. The Hall–Kier alpha value is -0.300. The largest absolute Gasteiger partial charge is 0.148 e. The van der Waals surface area contributed by atoms with Crippen LogP contribution in [0, 0.1) is 5.92 Å². The molecule has 0 bridgehead atoms. The molecule has 0 aliphatic heterocycles. The van der Waals surface area contributed by atoms with Crippen molar-refractivity contribution in [2.45, 2.75) is 25.7 Å². The Bertz CT molecular complexity index is 183. The van der Waals surface area contributed by atoms with E-state index in [-0.39, 0.29) is 0 Å². The highest BCUT2D eigenvalue weighted by Gasteiger charge is 2.17. The van der Waals surface area contributed by atoms with Crippen molar-refractivity contribution in [1.82, 2.24) is 0 Å². The van der Waals surface area contributed by atoms with Gasteiger partial charge in [-0.1, -0.05) is 18.9 Å². The van der Waals surface area contributed by atoms with Gasteiger partial charge in [0.15, 0.2) is 0 Å². The summed E-state index contributed by atoms with van der Waals surface area (Å²) in [5, 5.41) is 2.17. The molecule has 1 fully saturated rings. The molecule has 1 aromatic heterocycles. The summed E-state index contributed by atoms with van der Waals surface area (Å²) in [5.74, 6) is 1.69. The summed E-state index contributed by atoms with van der Waals surface area (Å²) in [4.78, 5) is 1.53. The molecule has 1 saturated carbocycles. The molecular formula is C9H11S. The fraction of sp³-hybridized carbons (Fsp3) is 0.444. The van der Waals surface area contributed by atoms with E-state index in [1.807, 2.05) is 11.3 Å². The van der Waals surface area contributed by atoms with Crippen LogP contribution < -0.4 is 0 Å². The van der Waals surface area contributed by atoms with Gasteiger partial charge in [-0.15, -0.1) is 11.3 Å². The van der Waals surface area contributed by atoms with E-state index < -0.39 is 0 Å². The summed E-state index contributed by atoms with van der Waals surface area (Å²) >= 11 is 1.88. The molecule has 10 heavy (non-hydrogen) atoms. The summed E-state index contributed by atoms with van der Waals surface area (Å²) in [7, 11) is 0. The molecule has 1 aliphatic carbocycles. The van der Waals surface area contributed by atoms with Gasteiger partial charge in [-0.2, -0.15) is 0 Å². The fourth-order valence-corrected chi connectivity index (χ4v) is 2.36. The Balaban J connectivity index is 2.12. The van der Waals surface area contributed by atoms with Crippen LogP contribution in [0.2, 0.25) is 0 Å². The lowest BCUT2D eigenvalue weighted by Gasteiger charge is -2.02. The number of rotatable bonds is 1. The molecule has 0 amide bonds. The lowest BCUT2D eigenvalue weighted by Crippen LogP contribution is -1.86. The van der Waals surface area contributed by atoms with Crippen LogP contribution in [0.25, 0.3) is 0 Å². The van der Waals surface area contributed by atoms with Crippen LogP contribution in [0.3, 0.4) is 0 Å². The standard InChI is InChI=1S/C9H11S/c1-2-5-8(4-1)9-6-3-7-10-9/h3,6-7H,1-2,4-5H2. The number of hydrogen-bond acceptors (Lipinski definition) is 1. The van der Waals surface area contributed by atoms with Crippen molar-refractivity contribution in [3.05, 3.63) is 28.3 Å². The Morgan fingerprint density at radius 2 is 2.00 bits per heavy atom. The molecule has 1 aliphatic rings.